The quantitative estimate of drug-likeness (QED) is 0.921. The lowest BCUT2D eigenvalue weighted by atomic mass is 10.2. The van der Waals surface area contributed by atoms with Crippen LogP contribution in [0.1, 0.15) is 35.3 Å². The molecule has 0 aromatic carbocycles. The number of carbonyl (C=O) groups excluding carboxylic acids is 1. The molecule has 0 spiro atoms. The summed E-state index contributed by atoms with van der Waals surface area (Å²) >= 11 is 0. The molecule has 21 heavy (non-hydrogen) atoms. The van der Waals surface area contributed by atoms with Crippen molar-refractivity contribution in [2.24, 2.45) is 7.05 Å². The van der Waals surface area contributed by atoms with Crippen molar-refractivity contribution in [1.82, 2.24) is 20.3 Å². The predicted molar refractivity (Wildman–Crippen MR) is 74.0 cm³/mol. The standard InChI is InChI=1S/C14H18N4O3/c1-9-11(8-20-17-9)14(19)16-12-4-3-5-13(12)21-10-6-15-18(2)7-10/h6-8,12-13H,3-5H2,1-2H3,(H,16,19)/t12-,13+/m0/s1. The van der Waals surface area contributed by atoms with Gasteiger partial charge in [-0.15, -0.1) is 0 Å². The molecule has 1 aliphatic carbocycles. The van der Waals surface area contributed by atoms with E-state index < -0.39 is 0 Å². The summed E-state index contributed by atoms with van der Waals surface area (Å²) < 4.78 is 12.4. The number of nitrogens with one attached hydrogen (secondary N) is 1. The highest BCUT2D eigenvalue weighted by molar-refractivity contribution is 5.95. The van der Waals surface area contributed by atoms with Crippen LogP contribution in [0, 0.1) is 6.92 Å². The lowest BCUT2D eigenvalue weighted by Crippen LogP contribution is -2.42. The maximum absolute atomic E-state index is 12.2. The maximum atomic E-state index is 12.2. The minimum absolute atomic E-state index is 0.00740. The van der Waals surface area contributed by atoms with Gasteiger partial charge in [0.15, 0.2) is 5.75 Å². The average molecular weight is 290 g/mol. The van der Waals surface area contributed by atoms with Gasteiger partial charge in [-0.3, -0.25) is 9.48 Å². The van der Waals surface area contributed by atoms with Crippen LogP contribution < -0.4 is 10.1 Å². The second-order valence-electron chi connectivity index (χ2n) is 5.33. The van der Waals surface area contributed by atoms with E-state index in [4.69, 9.17) is 9.26 Å². The Labute approximate surface area is 122 Å². The summed E-state index contributed by atoms with van der Waals surface area (Å²) in [5, 5.41) is 10.8. The second-order valence-corrected chi connectivity index (χ2v) is 5.33. The number of amides is 1. The Morgan fingerprint density at radius 2 is 2.38 bits per heavy atom. The molecule has 1 aliphatic rings. The first-order chi connectivity index (χ1) is 10.1. The smallest absolute Gasteiger partial charge is 0.256 e. The van der Waals surface area contributed by atoms with E-state index in [-0.39, 0.29) is 18.1 Å². The molecule has 2 atom stereocenters. The van der Waals surface area contributed by atoms with Crippen LogP contribution in [0.2, 0.25) is 0 Å². The monoisotopic (exact) mass is 290 g/mol. The Bertz CT molecular complexity index is 634. The summed E-state index contributed by atoms with van der Waals surface area (Å²) in [4.78, 5) is 12.2. The van der Waals surface area contributed by atoms with Gasteiger partial charge in [-0.1, -0.05) is 5.16 Å². The first-order valence-electron chi connectivity index (χ1n) is 7.00. The Morgan fingerprint density at radius 1 is 1.52 bits per heavy atom. The Morgan fingerprint density at radius 3 is 3.05 bits per heavy atom. The fraction of sp³-hybridized carbons (Fsp3) is 0.500. The fourth-order valence-corrected chi connectivity index (χ4v) is 2.62. The van der Waals surface area contributed by atoms with Crippen LogP contribution in [0.15, 0.2) is 23.2 Å². The maximum Gasteiger partial charge on any atom is 0.256 e. The first-order valence-corrected chi connectivity index (χ1v) is 7.00. The lowest BCUT2D eigenvalue weighted by Gasteiger charge is -2.21. The van der Waals surface area contributed by atoms with Crippen LogP contribution in [0.5, 0.6) is 5.75 Å². The molecule has 2 aromatic rings. The van der Waals surface area contributed by atoms with Gasteiger partial charge < -0.3 is 14.6 Å². The van der Waals surface area contributed by atoms with Gasteiger partial charge in [-0.25, -0.2) is 0 Å². The summed E-state index contributed by atoms with van der Waals surface area (Å²) in [6.45, 7) is 1.75. The predicted octanol–water partition coefficient (Wildman–Crippen LogP) is 1.45. The largest absolute Gasteiger partial charge is 0.485 e. The summed E-state index contributed by atoms with van der Waals surface area (Å²) in [6.07, 6.45) is 7.69. The molecule has 0 unspecified atom stereocenters. The molecule has 112 valence electrons. The molecule has 1 amide bonds. The Kier molecular flexibility index (Phi) is 3.64. The second kappa shape index (κ2) is 5.59. The van der Waals surface area contributed by atoms with E-state index in [0.29, 0.717) is 11.3 Å². The van der Waals surface area contributed by atoms with Crippen molar-refractivity contribution in [2.45, 2.75) is 38.3 Å². The van der Waals surface area contributed by atoms with Crippen molar-refractivity contribution in [3.8, 4) is 5.75 Å². The van der Waals surface area contributed by atoms with Crippen LogP contribution in [0.4, 0.5) is 0 Å². The van der Waals surface area contributed by atoms with Crippen molar-refractivity contribution in [1.29, 1.82) is 0 Å². The molecule has 0 aliphatic heterocycles. The minimum Gasteiger partial charge on any atom is -0.485 e. The molecule has 0 bridgehead atoms. The summed E-state index contributed by atoms with van der Waals surface area (Å²) in [5.74, 6) is 0.560. The molecule has 1 saturated carbocycles. The van der Waals surface area contributed by atoms with Gasteiger partial charge in [0.05, 0.1) is 24.1 Å². The van der Waals surface area contributed by atoms with Gasteiger partial charge in [-0.05, 0) is 26.2 Å². The Balaban J connectivity index is 1.64. The fourth-order valence-electron chi connectivity index (χ4n) is 2.62. The molecule has 1 fully saturated rings. The number of nitrogens with zero attached hydrogens (tertiary/aromatic N) is 3. The van der Waals surface area contributed by atoms with E-state index in [1.165, 1.54) is 6.26 Å². The van der Waals surface area contributed by atoms with Gasteiger partial charge >= 0.3 is 0 Å². The van der Waals surface area contributed by atoms with E-state index >= 15 is 0 Å². The number of hydrogen-bond donors (Lipinski definition) is 1. The van der Waals surface area contributed by atoms with E-state index in [9.17, 15) is 4.79 Å². The highest BCUT2D eigenvalue weighted by Crippen LogP contribution is 2.25. The van der Waals surface area contributed by atoms with Gasteiger partial charge in [0.25, 0.3) is 5.91 Å². The van der Waals surface area contributed by atoms with Crippen LogP contribution in [0.25, 0.3) is 0 Å². The van der Waals surface area contributed by atoms with Gasteiger partial charge in [-0.2, -0.15) is 5.10 Å². The zero-order chi connectivity index (χ0) is 14.8. The number of aryl methyl sites for hydroxylation is 2. The summed E-state index contributed by atoms with van der Waals surface area (Å²) in [5.41, 5.74) is 1.07. The van der Waals surface area contributed by atoms with E-state index in [1.54, 1.807) is 17.8 Å². The third-order valence-electron chi connectivity index (χ3n) is 3.73. The minimum atomic E-state index is -0.166. The van der Waals surface area contributed by atoms with Crippen LogP contribution >= 0.6 is 0 Å². The topological polar surface area (TPSA) is 82.2 Å². The molecule has 7 nitrogen and oxygen atoms in total. The zero-order valence-corrected chi connectivity index (χ0v) is 12.1. The normalized spacial score (nSPS) is 21.4. The molecule has 2 aromatic heterocycles. The van der Waals surface area contributed by atoms with Crippen LogP contribution in [-0.2, 0) is 7.05 Å². The number of hydrogen-bond acceptors (Lipinski definition) is 5. The zero-order valence-electron chi connectivity index (χ0n) is 12.1. The molecule has 2 heterocycles. The number of ether oxygens (including phenoxy) is 1. The third kappa shape index (κ3) is 2.91. The van der Waals surface area contributed by atoms with Crippen molar-refractivity contribution in [3.05, 3.63) is 29.9 Å². The van der Waals surface area contributed by atoms with Crippen LogP contribution in [0.3, 0.4) is 0 Å². The molecule has 1 N–H and O–H groups in total. The summed E-state index contributed by atoms with van der Waals surface area (Å²) in [6, 6.07) is -0.00740. The number of rotatable bonds is 4. The van der Waals surface area contributed by atoms with Crippen molar-refractivity contribution in [3.63, 3.8) is 0 Å². The average Bonchev–Trinajstić information content (AvgIpc) is 3.14. The van der Waals surface area contributed by atoms with E-state index in [2.05, 4.69) is 15.6 Å². The molecular weight excluding hydrogens is 272 g/mol. The molecular formula is C14H18N4O3. The van der Waals surface area contributed by atoms with Gasteiger partial charge in [0.1, 0.15) is 17.9 Å². The highest BCUT2D eigenvalue weighted by Gasteiger charge is 2.31. The summed E-state index contributed by atoms with van der Waals surface area (Å²) in [7, 11) is 1.84. The van der Waals surface area contributed by atoms with Crippen molar-refractivity contribution in [2.75, 3.05) is 0 Å². The van der Waals surface area contributed by atoms with E-state index in [0.717, 1.165) is 25.0 Å². The van der Waals surface area contributed by atoms with Gasteiger partial charge in [0, 0.05) is 7.05 Å². The third-order valence-corrected chi connectivity index (χ3v) is 3.73. The Hall–Kier alpha value is -2.31. The van der Waals surface area contributed by atoms with E-state index in [1.807, 2.05) is 13.2 Å². The number of carbonyl (C=O) groups is 1. The first kappa shape index (κ1) is 13.7. The van der Waals surface area contributed by atoms with Crippen molar-refractivity contribution < 1.29 is 14.1 Å². The highest BCUT2D eigenvalue weighted by atomic mass is 16.5. The lowest BCUT2D eigenvalue weighted by molar-refractivity contribution is 0.0893. The number of aromatic nitrogens is 3. The van der Waals surface area contributed by atoms with Crippen LogP contribution in [-0.4, -0.2) is 33.0 Å². The molecule has 0 saturated heterocycles. The molecule has 0 radical (unpaired) electrons. The van der Waals surface area contributed by atoms with Crippen molar-refractivity contribution >= 4 is 5.91 Å². The molecule has 3 rings (SSSR count). The molecule has 7 heteroatoms. The van der Waals surface area contributed by atoms with Gasteiger partial charge in [0.2, 0.25) is 0 Å². The SMILES string of the molecule is Cc1nocc1C(=O)N[C@H]1CCC[C@H]1Oc1cnn(C)c1.